The molecule has 82 valence electrons. The zero-order valence-electron chi connectivity index (χ0n) is 9.12. The molecule has 1 saturated heterocycles. The second-order valence-corrected chi connectivity index (χ2v) is 4.96. The molecule has 2 unspecified atom stereocenters. The van der Waals surface area contributed by atoms with E-state index in [9.17, 15) is 4.79 Å². The summed E-state index contributed by atoms with van der Waals surface area (Å²) >= 11 is 1.73. The lowest BCUT2D eigenvalue weighted by Gasteiger charge is -2.10. The van der Waals surface area contributed by atoms with E-state index in [0.717, 1.165) is 18.8 Å². The predicted molar refractivity (Wildman–Crippen MR) is 60.8 cm³/mol. The van der Waals surface area contributed by atoms with E-state index in [1.807, 2.05) is 6.92 Å². The number of hydrogen-bond acceptors (Lipinski definition) is 3. The van der Waals surface area contributed by atoms with Crippen LogP contribution < -0.4 is 0 Å². The number of hydrogen-bond donors (Lipinski definition) is 0. The SMILES string of the molecule is CCC(C)C(=O)CSCC1CCCO1. The number of Topliss-reactive ketones (excluding diaryl/α,β-unsaturated/α-hetero) is 1. The summed E-state index contributed by atoms with van der Waals surface area (Å²) in [6.45, 7) is 4.98. The van der Waals surface area contributed by atoms with Gasteiger partial charge in [-0.25, -0.2) is 0 Å². The largest absolute Gasteiger partial charge is 0.377 e. The van der Waals surface area contributed by atoms with E-state index in [-0.39, 0.29) is 5.92 Å². The number of carbonyl (C=O) groups is 1. The van der Waals surface area contributed by atoms with Crippen molar-refractivity contribution in [1.82, 2.24) is 0 Å². The van der Waals surface area contributed by atoms with Crippen LogP contribution in [0.1, 0.15) is 33.1 Å². The average molecular weight is 216 g/mol. The fourth-order valence-corrected chi connectivity index (χ4v) is 2.57. The Morgan fingerprint density at radius 1 is 1.64 bits per heavy atom. The van der Waals surface area contributed by atoms with Crippen LogP contribution >= 0.6 is 11.8 Å². The summed E-state index contributed by atoms with van der Waals surface area (Å²) in [6, 6.07) is 0. The highest BCUT2D eigenvalue weighted by Gasteiger charge is 2.16. The fraction of sp³-hybridized carbons (Fsp3) is 0.909. The third kappa shape index (κ3) is 4.01. The number of rotatable bonds is 6. The normalized spacial score (nSPS) is 23.7. The zero-order chi connectivity index (χ0) is 10.4. The van der Waals surface area contributed by atoms with E-state index in [1.54, 1.807) is 11.8 Å². The van der Waals surface area contributed by atoms with E-state index < -0.39 is 0 Å². The molecule has 0 N–H and O–H groups in total. The second kappa shape index (κ2) is 6.46. The molecule has 0 aliphatic carbocycles. The van der Waals surface area contributed by atoms with Crippen LogP contribution in [-0.2, 0) is 9.53 Å². The van der Waals surface area contributed by atoms with Crippen LogP contribution in [0.2, 0.25) is 0 Å². The molecule has 0 aromatic heterocycles. The molecule has 1 heterocycles. The summed E-state index contributed by atoms with van der Waals surface area (Å²) in [5.74, 6) is 2.26. The summed E-state index contributed by atoms with van der Waals surface area (Å²) in [5.41, 5.74) is 0. The molecule has 14 heavy (non-hydrogen) atoms. The van der Waals surface area contributed by atoms with Gasteiger partial charge in [0.05, 0.1) is 11.9 Å². The van der Waals surface area contributed by atoms with Gasteiger partial charge in [-0.2, -0.15) is 11.8 Å². The summed E-state index contributed by atoms with van der Waals surface area (Å²) in [4.78, 5) is 11.5. The Hall–Kier alpha value is -0.0200. The standard InChI is InChI=1S/C11H20O2S/c1-3-9(2)11(12)8-14-7-10-5-4-6-13-10/h9-10H,3-8H2,1-2H3. The molecular weight excluding hydrogens is 196 g/mol. The van der Waals surface area contributed by atoms with Gasteiger partial charge in [0.2, 0.25) is 0 Å². The van der Waals surface area contributed by atoms with E-state index in [4.69, 9.17) is 4.74 Å². The second-order valence-electron chi connectivity index (χ2n) is 3.93. The van der Waals surface area contributed by atoms with Crippen molar-refractivity contribution in [3.05, 3.63) is 0 Å². The van der Waals surface area contributed by atoms with Crippen LogP contribution in [0.3, 0.4) is 0 Å². The summed E-state index contributed by atoms with van der Waals surface area (Å²) in [5, 5.41) is 0. The van der Waals surface area contributed by atoms with Crippen LogP contribution in [-0.4, -0.2) is 30.0 Å². The van der Waals surface area contributed by atoms with Gasteiger partial charge in [0, 0.05) is 18.3 Å². The molecule has 0 aromatic rings. The maximum absolute atomic E-state index is 11.5. The van der Waals surface area contributed by atoms with Gasteiger partial charge in [0.1, 0.15) is 5.78 Å². The molecule has 0 radical (unpaired) electrons. The fourth-order valence-electron chi connectivity index (χ4n) is 1.44. The third-order valence-corrected chi connectivity index (χ3v) is 3.83. The zero-order valence-corrected chi connectivity index (χ0v) is 9.94. The first-order valence-corrected chi connectivity index (χ1v) is 6.61. The topological polar surface area (TPSA) is 26.3 Å². The van der Waals surface area contributed by atoms with Crippen molar-refractivity contribution in [1.29, 1.82) is 0 Å². The molecule has 1 aliphatic rings. The summed E-state index contributed by atoms with van der Waals surface area (Å²) in [7, 11) is 0. The van der Waals surface area contributed by atoms with Gasteiger partial charge in [-0.1, -0.05) is 13.8 Å². The highest BCUT2D eigenvalue weighted by Crippen LogP contribution is 2.18. The van der Waals surface area contributed by atoms with Crippen molar-refractivity contribution in [2.75, 3.05) is 18.1 Å². The van der Waals surface area contributed by atoms with E-state index in [2.05, 4.69) is 6.92 Å². The van der Waals surface area contributed by atoms with Crippen molar-refractivity contribution in [3.8, 4) is 0 Å². The lowest BCUT2D eigenvalue weighted by molar-refractivity contribution is -0.119. The number of ketones is 1. The molecule has 1 aliphatic heterocycles. The highest BCUT2D eigenvalue weighted by atomic mass is 32.2. The number of thioether (sulfide) groups is 1. The van der Waals surface area contributed by atoms with Gasteiger partial charge in [0.25, 0.3) is 0 Å². The van der Waals surface area contributed by atoms with Crippen LogP contribution in [0, 0.1) is 5.92 Å². The first-order valence-electron chi connectivity index (χ1n) is 5.46. The van der Waals surface area contributed by atoms with Crippen molar-refractivity contribution in [2.24, 2.45) is 5.92 Å². The van der Waals surface area contributed by atoms with Crippen LogP contribution in [0.15, 0.2) is 0 Å². The molecular formula is C11H20O2S. The number of carbonyl (C=O) groups excluding carboxylic acids is 1. The molecule has 0 amide bonds. The van der Waals surface area contributed by atoms with Gasteiger partial charge in [-0.3, -0.25) is 4.79 Å². The molecule has 3 heteroatoms. The van der Waals surface area contributed by atoms with E-state index >= 15 is 0 Å². The Kier molecular flexibility index (Phi) is 5.56. The van der Waals surface area contributed by atoms with Crippen LogP contribution in [0.25, 0.3) is 0 Å². The van der Waals surface area contributed by atoms with Crippen molar-refractivity contribution in [2.45, 2.75) is 39.2 Å². The third-order valence-electron chi connectivity index (χ3n) is 2.73. The van der Waals surface area contributed by atoms with Gasteiger partial charge in [0.15, 0.2) is 0 Å². The van der Waals surface area contributed by atoms with Gasteiger partial charge >= 0.3 is 0 Å². The van der Waals surface area contributed by atoms with Gasteiger partial charge < -0.3 is 4.74 Å². The van der Waals surface area contributed by atoms with Crippen molar-refractivity contribution in [3.63, 3.8) is 0 Å². The van der Waals surface area contributed by atoms with Crippen molar-refractivity contribution >= 4 is 17.5 Å². The first-order chi connectivity index (χ1) is 6.74. The Bertz CT molecular complexity index is 176. The maximum atomic E-state index is 11.5. The maximum Gasteiger partial charge on any atom is 0.145 e. The molecule has 2 nitrogen and oxygen atoms in total. The predicted octanol–water partition coefficient (Wildman–Crippen LogP) is 2.51. The average Bonchev–Trinajstić information content (AvgIpc) is 2.69. The first kappa shape index (κ1) is 12.1. The monoisotopic (exact) mass is 216 g/mol. The van der Waals surface area contributed by atoms with E-state index in [0.29, 0.717) is 17.6 Å². The molecule has 1 rings (SSSR count). The minimum absolute atomic E-state index is 0.229. The molecule has 1 fully saturated rings. The van der Waals surface area contributed by atoms with Crippen molar-refractivity contribution < 1.29 is 9.53 Å². The minimum atomic E-state index is 0.229. The molecule has 0 bridgehead atoms. The lowest BCUT2D eigenvalue weighted by atomic mass is 10.1. The van der Waals surface area contributed by atoms with Crippen LogP contribution in [0.4, 0.5) is 0 Å². The summed E-state index contributed by atoms with van der Waals surface area (Å²) < 4.78 is 5.49. The Morgan fingerprint density at radius 3 is 3.00 bits per heavy atom. The minimum Gasteiger partial charge on any atom is -0.377 e. The van der Waals surface area contributed by atoms with E-state index in [1.165, 1.54) is 12.8 Å². The van der Waals surface area contributed by atoms with Gasteiger partial charge in [-0.15, -0.1) is 0 Å². The Labute approximate surface area is 90.8 Å². The highest BCUT2D eigenvalue weighted by molar-refractivity contribution is 8.00. The van der Waals surface area contributed by atoms with Gasteiger partial charge in [-0.05, 0) is 19.3 Å². The number of ether oxygens (including phenoxy) is 1. The smallest absolute Gasteiger partial charge is 0.145 e. The lowest BCUT2D eigenvalue weighted by Crippen LogP contribution is -2.15. The van der Waals surface area contributed by atoms with Crippen LogP contribution in [0.5, 0.6) is 0 Å². The molecule has 2 atom stereocenters. The summed E-state index contributed by atoms with van der Waals surface area (Å²) in [6.07, 6.45) is 3.72. The molecule has 0 spiro atoms. The molecule has 0 saturated carbocycles. The molecule has 0 aromatic carbocycles. The Morgan fingerprint density at radius 2 is 2.43 bits per heavy atom. The quantitative estimate of drug-likeness (QED) is 0.682. The Balaban J connectivity index is 2.05.